The molecule has 0 bridgehead atoms. The zero-order valence-corrected chi connectivity index (χ0v) is 12.4. The molecule has 1 aromatic heterocycles. The van der Waals surface area contributed by atoms with Gasteiger partial charge in [0, 0.05) is 18.7 Å². The van der Waals surface area contributed by atoms with E-state index in [4.69, 9.17) is 4.74 Å². The van der Waals surface area contributed by atoms with Crippen molar-refractivity contribution in [2.45, 2.75) is 19.1 Å². The fraction of sp³-hybridized carbons (Fsp3) is 0.333. The Bertz CT molecular complexity index is 563. The summed E-state index contributed by atoms with van der Waals surface area (Å²) in [5.41, 5.74) is 0.876. The Morgan fingerprint density at radius 1 is 1.29 bits per heavy atom. The molecule has 1 aromatic carbocycles. The molecule has 0 saturated carbocycles. The first kappa shape index (κ1) is 15.9. The van der Waals surface area contributed by atoms with Crippen LogP contribution in [-0.4, -0.2) is 24.3 Å². The number of hydrogen-bond donors (Lipinski definition) is 2. The molecule has 0 amide bonds. The van der Waals surface area contributed by atoms with E-state index in [-0.39, 0.29) is 11.8 Å². The molecule has 3 nitrogen and oxygen atoms in total. The van der Waals surface area contributed by atoms with E-state index in [2.05, 4.69) is 5.32 Å². The van der Waals surface area contributed by atoms with Crippen molar-refractivity contribution < 1.29 is 18.6 Å². The molecule has 2 N–H and O–H groups in total. The van der Waals surface area contributed by atoms with Crippen molar-refractivity contribution in [1.82, 2.24) is 5.32 Å². The second-order valence-corrected chi connectivity index (χ2v) is 5.55. The molecule has 0 spiro atoms. The third-order valence-electron chi connectivity index (χ3n) is 2.98. The first-order valence-electron chi connectivity index (χ1n) is 6.57. The average Bonchev–Trinajstić information content (AvgIpc) is 3.00. The third-order valence-corrected chi connectivity index (χ3v) is 3.68. The maximum Gasteiger partial charge on any atom is 0.162 e. The van der Waals surface area contributed by atoms with Gasteiger partial charge in [0.15, 0.2) is 11.6 Å². The number of thiophene rings is 1. The second-order valence-electron chi connectivity index (χ2n) is 4.77. The van der Waals surface area contributed by atoms with Gasteiger partial charge in [-0.05, 0) is 41.4 Å². The van der Waals surface area contributed by atoms with E-state index in [0.717, 1.165) is 17.7 Å². The zero-order valence-electron chi connectivity index (χ0n) is 11.6. The normalized spacial score (nSPS) is 13.9. The highest BCUT2D eigenvalue weighted by atomic mass is 32.1. The van der Waals surface area contributed by atoms with Crippen LogP contribution in [0.2, 0.25) is 0 Å². The highest BCUT2D eigenvalue weighted by molar-refractivity contribution is 7.07. The van der Waals surface area contributed by atoms with Crippen molar-refractivity contribution >= 4 is 11.3 Å². The van der Waals surface area contributed by atoms with Crippen molar-refractivity contribution in [2.24, 2.45) is 0 Å². The van der Waals surface area contributed by atoms with Gasteiger partial charge in [0.05, 0.1) is 6.10 Å². The third kappa shape index (κ3) is 4.77. The van der Waals surface area contributed by atoms with Crippen LogP contribution in [0.3, 0.4) is 0 Å². The minimum absolute atomic E-state index is 0.0357. The summed E-state index contributed by atoms with van der Waals surface area (Å²) >= 11 is 1.53. The van der Waals surface area contributed by atoms with Gasteiger partial charge in [0.1, 0.15) is 12.4 Å². The van der Waals surface area contributed by atoms with Crippen molar-refractivity contribution in [1.29, 1.82) is 0 Å². The zero-order chi connectivity index (χ0) is 15.2. The largest absolute Gasteiger partial charge is 0.492 e. The minimum Gasteiger partial charge on any atom is -0.492 e. The highest BCUT2D eigenvalue weighted by Gasteiger charge is 2.10. The molecule has 21 heavy (non-hydrogen) atoms. The average molecular weight is 313 g/mol. The Morgan fingerprint density at radius 2 is 2.10 bits per heavy atom. The molecule has 114 valence electrons. The summed E-state index contributed by atoms with van der Waals surface area (Å²) in [7, 11) is 0. The maximum atomic E-state index is 13.0. The van der Waals surface area contributed by atoms with Gasteiger partial charge in [-0.1, -0.05) is 0 Å². The first-order chi connectivity index (χ1) is 10.1. The van der Waals surface area contributed by atoms with E-state index < -0.39 is 17.7 Å². The number of benzene rings is 1. The number of ether oxygens (including phenoxy) is 1. The van der Waals surface area contributed by atoms with E-state index in [1.165, 1.54) is 17.4 Å². The van der Waals surface area contributed by atoms with Crippen molar-refractivity contribution in [3.63, 3.8) is 0 Å². The molecule has 0 aliphatic rings. The van der Waals surface area contributed by atoms with Crippen LogP contribution < -0.4 is 10.1 Å². The molecule has 0 radical (unpaired) electrons. The first-order valence-corrected chi connectivity index (χ1v) is 7.52. The predicted molar refractivity (Wildman–Crippen MR) is 78.6 cm³/mol. The maximum absolute atomic E-state index is 13.0. The van der Waals surface area contributed by atoms with E-state index in [0.29, 0.717) is 13.2 Å². The Morgan fingerprint density at radius 3 is 2.76 bits per heavy atom. The van der Waals surface area contributed by atoms with E-state index in [1.54, 1.807) is 0 Å². The molecule has 2 rings (SSSR count). The number of aliphatic hydroxyl groups is 1. The fourth-order valence-corrected chi connectivity index (χ4v) is 2.45. The smallest absolute Gasteiger partial charge is 0.162 e. The molecule has 0 saturated heterocycles. The Hall–Kier alpha value is -1.50. The summed E-state index contributed by atoms with van der Waals surface area (Å²) in [5.74, 6) is -1.55. The van der Waals surface area contributed by atoms with E-state index in [9.17, 15) is 13.9 Å². The van der Waals surface area contributed by atoms with Crippen LogP contribution in [0, 0.1) is 11.6 Å². The topological polar surface area (TPSA) is 41.5 Å². The molecule has 2 unspecified atom stereocenters. The molecule has 1 heterocycles. The summed E-state index contributed by atoms with van der Waals surface area (Å²) in [6, 6.07) is 5.27. The molecule has 2 atom stereocenters. The SMILES string of the molecule is CC(COc1ccc(F)c(F)c1)NCC(O)c1ccsc1. The highest BCUT2D eigenvalue weighted by Crippen LogP contribution is 2.16. The summed E-state index contributed by atoms with van der Waals surface area (Å²) < 4.78 is 31.2. The number of halogens is 2. The van der Waals surface area contributed by atoms with Gasteiger partial charge in [-0.3, -0.25) is 0 Å². The van der Waals surface area contributed by atoms with Crippen LogP contribution in [0.25, 0.3) is 0 Å². The van der Waals surface area contributed by atoms with E-state index in [1.807, 2.05) is 23.8 Å². The molecular formula is C15H17F2NO2S. The van der Waals surface area contributed by atoms with Gasteiger partial charge >= 0.3 is 0 Å². The van der Waals surface area contributed by atoms with Gasteiger partial charge in [-0.2, -0.15) is 11.3 Å². The Kier molecular flexibility index (Phi) is 5.67. The summed E-state index contributed by atoms with van der Waals surface area (Å²) in [4.78, 5) is 0. The van der Waals surface area contributed by atoms with Gasteiger partial charge in [-0.25, -0.2) is 8.78 Å². The Labute approximate surface area is 126 Å². The predicted octanol–water partition coefficient (Wildman–Crippen LogP) is 3.12. The van der Waals surface area contributed by atoms with Crippen molar-refractivity contribution in [3.05, 3.63) is 52.2 Å². The van der Waals surface area contributed by atoms with Crippen LogP contribution in [-0.2, 0) is 0 Å². The monoisotopic (exact) mass is 313 g/mol. The van der Waals surface area contributed by atoms with Crippen LogP contribution in [0.1, 0.15) is 18.6 Å². The van der Waals surface area contributed by atoms with Crippen LogP contribution in [0.15, 0.2) is 35.0 Å². The molecule has 0 fully saturated rings. The number of nitrogens with one attached hydrogen (secondary N) is 1. The molecule has 2 aromatic rings. The van der Waals surface area contributed by atoms with Crippen LogP contribution in [0.5, 0.6) is 5.75 Å². The summed E-state index contributed by atoms with van der Waals surface area (Å²) in [6.45, 7) is 2.58. The van der Waals surface area contributed by atoms with Crippen LogP contribution >= 0.6 is 11.3 Å². The molecule has 0 aliphatic heterocycles. The lowest BCUT2D eigenvalue weighted by molar-refractivity contribution is 0.164. The summed E-state index contributed by atoms with van der Waals surface area (Å²) in [6.07, 6.45) is -0.568. The van der Waals surface area contributed by atoms with Crippen molar-refractivity contribution in [3.8, 4) is 5.75 Å². The standard InChI is InChI=1S/C15H17F2NO2S/c1-10(18-7-15(19)11-4-5-21-9-11)8-20-12-2-3-13(16)14(17)6-12/h2-6,9-10,15,18-19H,7-8H2,1H3. The molecule has 6 heteroatoms. The van der Waals surface area contributed by atoms with Gasteiger partial charge in [-0.15, -0.1) is 0 Å². The van der Waals surface area contributed by atoms with Crippen molar-refractivity contribution in [2.75, 3.05) is 13.2 Å². The molecule has 0 aliphatic carbocycles. The lowest BCUT2D eigenvalue weighted by Crippen LogP contribution is -2.34. The summed E-state index contributed by atoms with van der Waals surface area (Å²) in [5, 5.41) is 16.9. The van der Waals surface area contributed by atoms with Gasteiger partial charge in [0.2, 0.25) is 0 Å². The quantitative estimate of drug-likeness (QED) is 0.825. The fourth-order valence-electron chi connectivity index (χ4n) is 1.74. The number of hydrogen-bond acceptors (Lipinski definition) is 4. The van der Waals surface area contributed by atoms with E-state index >= 15 is 0 Å². The van der Waals surface area contributed by atoms with Gasteiger partial charge < -0.3 is 15.2 Å². The lowest BCUT2D eigenvalue weighted by atomic mass is 10.2. The molecular weight excluding hydrogens is 296 g/mol. The Balaban J connectivity index is 1.74. The second kappa shape index (κ2) is 7.49. The van der Waals surface area contributed by atoms with Crippen LogP contribution in [0.4, 0.5) is 8.78 Å². The van der Waals surface area contributed by atoms with Gasteiger partial charge in [0.25, 0.3) is 0 Å². The lowest BCUT2D eigenvalue weighted by Gasteiger charge is -2.17. The number of aliphatic hydroxyl groups excluding tert-OH is 1. The minimum atomic E-state index is -0.930. The number of rotatable bonds is 7.